The molecule has 3 aliphatic heterocycles. The van der Waals surface area contributed by atoms with Crippen LogP contribution in [0, 0.1) is 11.8 Å². The smallest absolute Gasteiger partial charge is 0.246 e. The van der Waals surface area contributed by atoms with Crippen molar-refractivity contribution in [2.45, 2.75) is 74.8 Å². The summed E-state index contributed by atoms with van der Waals surface area (Å²) in [4.78, 5) is 43.0. The summed E-state index contributed by atoms with van der Waals surface area (Å²) in [5.41, 5.74) is -0.490. The molecule has 202 valence electrons. The van der Waals surface area contributed by atoms with Gasteiger partial charge in [0, 0.05) is 17.8 Å². The van der Waals surface area contributed by atoms with Crippen LogP contribution in [0.25, 0.3) is 0 Å². The fraction of sp³-hybridized carbons (Fsp3) is 0.452. The Morgan fingerprint density at radius 2 is 1.62 bits per heavy atom. The third-order valence-electron chi connectivity index (χ3n) is 8.86. The molecule has 5 atom stereocenters. The molecule has 7 rings (SSSR count). The number of rotatable bonds is 7. The van der Waals surface area contributed by atoms with Crippen LogP contribution in [0.15, 0.2) is 66.7 Å². The molecule has 2 aromatic carbocycles. The van der Waals surface area contributed by atoms with Crippen molar-refractivity contribution in [2.75, 3.05) is 5.32 Å². The molecule has 2 saturated heterocycles. The highest BCUT2D eigenvalue weighted by atomic mass is 16.5. The molecule has 3 amide bonds. The average Bonchev–Trinajstić information content (AvgIpc) is 3.54. The standard InChI is InChI=1S/C31H33N3O5/c35-28(32-20-11-15-23(16-12-20)38-22-9-5-2-6-10-22)25-24-17-18-31(39-24)26(25)30(37)34(21-13-14-21)27(31)29(36)33-19-7-3-1-4-8-19/h2,5-6,9-12,15-19,21,24-27H,1,3-4,7-8,13-14H2,(H,32,35)(H,33,36)/t24-,25+,26-,27-,31-/m0/s1. The van der Waals surface area contributed by atoms with Crippen molar-refractivity contribution < 1.29 is 23.9 Å². The zero-order valence-electron chi connectivity index (χ0n) is 21.8. The first-order valence-corrected chi connectivity index (χ1v) is 14.2. The normalized spacial score (nSPS) is 31.3. The molecule has 2 aliphatic carbocycles. The van der Waals surface area contributed by atoms with E-state index in [2.05, 4.69) is 10.6 Å². The van der Waals surface area contributed by atoms with Gasteiger partial charge in [0.2, 0.25) is 17.7 Å². The van der Waals surface area contributed by atoms with Gasteiger partial charge in [0.1, 0.15) is 23.1 Å². The molecule has 2 N–H and O–H groups in total. The van der Waals surface area contributed by atoms with Crippen molar-refractivity contribution in [1.29, 1.82) is 0 Å². The van der Waals surface area contributed by atoms with E-state index in [0.717, 1.165) is 44.3 Å². The molecule has 1 spiro atoms. The van der Waals surface area contributed by atoms with Crippen molar-refractivity contribution >= 4 is 23.4 Å². The fourth-order valence-electron chi connectivity index (χ4n) is 6.94. The zero-order chi connectivity index (χ0) is 26.6. The monoisotopic (exact) mass is 527 g/mol. The average molecular weight is 528 g/mol. The van der Waals surface area contributed by atoms with Gasteiger partial charge in [-0.2, -0.15) is 0 Å². The summed E-state index contributed by atoms with van der Waals surface area (Å²) >= 11 is 0. The Hall–Kier alpha value is -3.65. The number of carbonyl (C=O) groups is 3. The van der Waals surface area contributed by atoms with Gasteiger partial charge >= 0.3 is 0 Å². The van der Waals surface area contributed by atoms with Crippen LogP contribution in [0.2, 0.25) is 0 Å². The number of hydrogen-bond acceptors (Lipinski definition) is 5. The number of benzene rings is 2. The number of likely N-dealkylation sites (tertiary alicyclic amines) is 1. The van der Waals surface area contributed by atoms with E-state index < -0.39 is 29.6 Å². The minimum absolute atomic E-state index is 0.0384. The summed E-state index contributed by atoms with van der Waals surface area (Å²) in [7, 11) is 0. The molecule has 4 fully saturated rings. The maximum Gasteiger partial charge on any atom is 0.246 e. The molecule has 39 heavy (non-hydrogen) atoms. The molecule has 2 aromatic rings. The van der Waals surface area contributed by atoms with Gasteiger partial charge < -0.3 is 25.0 Å². The Kier molecular flexibility index (Phi) is 5.95. The lowest BCUT2D eigenvalue weighted by molar-refractivity contribution is -0.142. The van der Waals surface area contributed by atoms with Gasteiger partial charge in [-0.1, -0.05) is 49.6 Å². The molecular weight excluding hydrogens is 494 g/mol. The number of nitrogens with one attached hydrogen (secondary N) is 2. The second-order valence-corrected chi connectivity index (χ2v) is 11.5. The van der Waals surface area contributed by atoms with Gasteiger partial charge in [0.25, 0.3) is 0 Å². The van der Waals surface area contributed by atoms with Gasteiger partial charge in [-0.25, -0.2) is 0 Å². The van der Waals surface area contributed by atoms with Crippen molar-refractivity contribution in [3.05, 3.63) is 66.7 Å². The molecule has 5 aliphatic rings. The zero-order valence-corrected chi connectivity index (χ0v) is 21.8. The summed E-state index contributed by atoms with van der Waals surface area (Å²) < 4.78 is 12.3. The SMILES string of the molecule is O=C(Nc1ccc(Oc2ccccc2)cc1)[C@@H]1[C@@H]2C=C[C@]3(O2)[C@@H]1C(=O)N(C1CC1)[C@H]3C(=O)NC1CCCCC1. The maximum atomic E-state index is 13.9. The Morgan fingerprint density at radius 1 is 0.897 bits per heavy atom. The Morgan fingerprint density at radius 3 is 2.33 bits per heavy atom. The van der Waals surface area contributed by atoms with Crippen LogP contribution in [0.3, 0.4) is 0 Å². The molecular formula is C31H33N3O5. The summed E-state index contributed by atoms with van der Waals surface area (Å²) in [5, 5.41) is 6.21. The van der Waals surface area contributed by atoms with E-state index in [1.165, 1.54) is 6.42 Å². The van der Waals surface area contributed by atoms with Crippen molar-refractivity contribution in [1.82, 2.24) is 10.2 Å². The number of amides is 3. The van der Waals surface area contributed by atoms with Crippen LogP contribution in [-0.2, 0) is 19.1 Å². The minimum atomic E-state index is -1.10. The Labute approximate surface area is 227 Å². The van der Waals surface area contributed by atoms with Gasteiger partial charge in [-0.15, -0.1) is 0 Å². The van der Waals surface area contributed by atoms with Gasteiger partial charge in [0.15, 0.2) is 0 Å². The van der Waals surface area contributed by atoms with Crippen LogP contribution >= 0.6 is 0 Å². The lowest BCUT2D eigenvalue weighted by atomic mass is 9.74. The number of nitrogens with zero attached hydrogens (tertiary/aromatic N) is 1. The number of hydrogen-bond donors (Lipinski definition) is 2. The summed E-state index contributed by atoms with van der Waals surface area (Å²) in [6.45, 7) is 0. The summed E-state index contributed by atoms with van der Waals surface area (Å²) in [6, 6.07) is 16.1. The van der Waals surface area contributed by atoms with Crippen LogP contribution in [0.4, 0.5) is 5.69 Å². The Bertz CT molecular complexity index is 1300. The fourth-order valence-corrected chi connectivity index (χ4v) is 6.94. The van der Waals surface area contributed by atoms with E-state index in [1.54, 1.807) is 29.2 Å². The third kappa shape index (κ3) is 4.22. The van der Waals surface area contributed by atoms with Gasteiger partial charge in [0.05, 0.1) is 17.9 Å². The van der Waals surface area contributed by atoms with Crippen LogP contribution < -0.4 is 15.4 Å². The molecule has 3 heterocycles. The largest absolute Gasteiger partial charge is 0.457 e. The van der Waals surface area contributed by atoms with Crippen LogP contribution in [0.5, 0.6) is 11.5 Å². The topological polar surface area (TPSA) is 97.0 Å². The number of anilines is 1. The maximum absolute atomic E-state index is 13.9. The number of para-hydroxylation sites is 1. The second kappa shape index (κ2) is 9.52. The molecule has 8 heteroatoms. The van der Waals surface area contributed by atoms with Gasteiger partial charge in [-0.05, 0) is 62.1 Å². The van der Waals surface area contributed by atoms with Crippen molar-refractivity contribution in [2.24, 2.45) is 11.8 Å². The molecule has 8 nitrogen and oxygen atoms in total. The van der Waals surface area contributed by atoms with E-state index in [4.69, 9.17) is 9.47 Å². The summed E-state index contributed by atoms with van der Waals surface area (Å²) in [5.74, 6) is -0.586. The van der Waals surface area contributed by atoms with E-state index in [0.29, 0.717) is 11.4 Å². The van der Waals surface area contributed by atoms with E-state index in [9.17, 15) is 14.4 Å². The molecule has 2 bridgehead atoms. The molecule has 0 aromatic heterocycles. The van der Waals surface area contributed by atoms with Crippen LogP contribution in [-0.4, -0.2) is 52.5 Å². The van der Waals surface area contributed by atoms with E-state index in [-0.39, 0.29) is 29.8 Å². The first kappa shape index (κ1) is 24.4. The lowest BCUT2D eigenvalue weighted by Gasteiger charge is -2.34. The van der Waals surface area contributed by atoms with Crippen molar-refractivity contribution in [3.63, 3.8) is 0 Å². The highest BCUT2D eigenvalue weighted by molar-refractivity contribution is 6.03. The van der Waals surface area contributed by atoms with E-state index >= 15 is 0 Å². The van der Waals surface area contributed by atoms with Gasteiger partial charge in [-0.3, -0.25) is 14.4 Å². The first-order chi connectivity index (χ1) is 19.0. The minimum Gasteiger partial charge on any atom is -0.457 e. The van der Waals surface area contributed by atoms with E-state index in [1.807, 2.05) is 42.5 Å². The predicted octanol–water partition coefficient (Wildman–Crippen LogP) is 4.18. The van der Waals surface area contributed by atoms with Crippen molar-refractivity contribution in [3.8, 4) is 11.5 Å². The highest BCUT2D eigenvalue weighted by Gasteiger charge is 2.74. The molecule has 0 radical (unpaired) electrons. The first-order valence-electron chi connectivity index (χ1n) is 14.2. The second-order valence-electron chi connectivity index (χ2n) is 11.5. The molecule has 2 saturated carbocycles. The highest BCUT2D eigenvalue weighted by Crippen LogP contribution is 2.57. The summed E-state index contributed by atoms with van der Waals surface area (Å²) in [6.07, 6.45) is 10.3. The van der Waals surface area contributed by atoms with Crippen LogP contribution in [0.1, 0.15) is 44.9 Å². The number of fused-ring (bicyclic) bond motifs is 1. The number of ether oxygens (including phenoxy) is 2. The molecule has 0 unspecified atom stereocenters. The lowest BCUT2D eigenvalue weighted by Crippen LogP contribution is -2.57. The quantitative estimate of drug-likeness (QED) is 0.527. The number of carbonyl (C=O) groups excluding carboxylic acids is 3. The Balaban J connectivity index is 1.10. The predicted molar refractivity (Wildman–Crippen MR) is 144 cm³/mol. The third-order valence-corrected chi connectivity index (χ3v) is 8.86.